The van der Waals surface area contributed by atoms with Crippen molar-refractivity contribution in [3.63, 3.8) is 0 Å². The monoisotopic (exact) mass is 423 g/mol. The molecule has 0 aliphatic carbocycles. The summed E-state index contributed by atoms with van der Waals surface area (Å²) in [6.07, 6.45) is 3.67. The quantitative estimate of drug-likeness (QED) is 0.615. The molecule has 2 amide bonds. The van der Waals surface area contributed by atoms with Crippen LogP contribution >= 0.6 is 0 Å². The number of hydrogen-bond acceptors (Lipinski definition) is 4. The van der Waals surface area contributed by atoms with Gasteiger partial charge in [-0.05, 0) is 50.6 Å². The van der Waals surface area contributed by atoms with Crippen LogP contribution in [0.25, 0.3) is 0 Å². The van der Waals surface area contributed by atoms with Gasteiger partial charge in [-0.2, -0.15) is 0 Å². The molecule has 1 fully saturated rings. The number of rotatable bonds is 7. The van der Waals surface area contributed by atoms with Gasteiger partial charge in [-0.15, -0.1) is 0 Å². The molecule has 2 N–H and O–H groups in total. The largest absolute Gasteiger partial charge is 0.478 e. The van der Waals surface area contributed by atoms with Crippen LogP contribution in [0.2, 0.25) is 0 Å². The number of likely N-dealkylation sites (N-methyl/N-ethyl adjacent to an activating group) is 2. The van der Waals surface area contributed by atoms with E-state index in [-0.39, 0.29) is 41.3 Å². The summed E-state index contributed by atoms with van der Waals surface area (Å²) >= 11 is 0. The van der Waals surface area contributed by atoms with Crippen molar-refractivity contribution in [1.29, 1.82) is 0 Å². The van der Waals surface area contributed by atoms with Crippen LogP contribution in [0.5, 0.6) is 0 Å². The molecular weight excluding hydrogens is 382 g/mol. The Morgan fingerprint density at radius 2 is 1.80 bits per heavy atom. The summed E-state index contributed by atoms with van der Waals surface area (Å²) in [7, 11) is 3.63. The average Bonchev–Trinajstić information content (AvgIpc) is 2.61. The molecule has 7 heteroatoms. The smallest absolute Gasteiger partial charge is 0.331 e. The zero-order valence-corrected chi connectivity index (χ0v) is 20.2. The second-order valence-electron chi connectivity index (χ2n) is 10.2. The van der Waals surface area contributed by atoms with Crippen LogP contribution in [0.15, 0.2) is 11.6 Å². The van der Waals surface area contributed by atoms with Gasteiger partial charge in [0.25, 0.3) is 0 Å². The maximum Gasteiger partial charge on any atom is 0.331 e. The lowest BCUT2D eigenvalue weighted by Gasteiger charge is -2.40. The Hall–Kier alpha value is -1.89. The van der Waals surface area contributed by atoms with Crippen molar-refractivity contribution < 1.29 is 19.5 Å². The summed E-state index contributed by atoms with van der Waals surface area (Å²) < 4.78 is 0. The number of likely N-dealkylation sites (tertiary alicyclic amines) is 1. The van der Waals surface area contributed by atoms with E-state index >= 15 is 0 Å². The van der Waals surface area contributed by atoms with Crippen molar-refractivity contribution in [2.75, 3.05) is 20.6 Å². The standard InChI is InChI=1S/C23H41N3O4/c1-14(2)17(13-16(4)22(29)30)26(9)21(28)19(23(5,6)7)24-20(27)18-15(3)11-10-12-25(18)8/h13-15,17-19H,10-12H2,1-9H3,(H,24,27)(H,29,30)/t15?,17-,18?,19?/m1/s1. The van der Waals surface area contributed by atoms with Crippen LogP contribution in [-0.2, 0) is 14.4 Å². The molecule has 1 saturated heterocycles. The van der Waals surface area contributed by atoms with E-state index < -0.39 is 17.4 Å². The van der Waals surface area contributed by atoms with E-state index in [4.69, 9.17) is 0 Å². The Morgan fingerprint density at radius 1 is 1.23 bits per heavy atom. The number of amides is 2. The fourth-order valence-electron chi connectivity index (χ4n) is 4.16. The lowest BCUT2D eigenvalue weighted by molar-refractivity contribution is -0.142. The zero-order chi connectivity index (χ0) is 23.4. The Bertz CT molecular complexity index is 656. The highest BCUT2D eigenvalue weighted by Gasteiger charge is 2.40. The van der Waals surface area contributed by atoms with E-state index in [9.17, 15) is 19.5 Å². The number of nitrogens with one attached hydrogen (secondary N) is 1. The fraction of sp³-hybridized carbons (Fsp3) is 0.783. The molecule has 30 heavy (non-hydrogen) atoms. The van der Waals surface area contributed by atoms with Crippen LogP contribution in [-0.4, -0.2) is 71.5 Å². The Labute approximate surface area is 181 Å². The third-order valence-electron chi connectivity index (χ3n) is 6.09. The van der Waals surface area contributed by atoms with Crippen molar-refractivity contribution in [3.8, 4) is 0 Å². The number of aliphatic carboxylic acids is 1. The second kappa shape index (κ2) is 10.4. The molecule has 4 atom stereocenters. The van der Waals surface area contributed by atoms with E-state index in [1.54, 1.807) is 18.0 Å². The molecule has 3 unspecified atom stereocenters. The molecule has 0 saturated carbocycles. The number of nitrogens with zero attached hydrogens (tertiary/aromatic N) is 2. The molecule has 1 aliphatic rings. The molecule has 0 aromatic rings. The molecule has 7 nitrogen and oxygen atoms in total. The van der Waals surface area contributed by atoms with E-state index in [2.05, 4.69) is 17.1 Å². The summed E-state index contributed by atoms with van der Waals surface area (Å²) in [6.45, 7) is 14.2. The Morgan fingerprint density at radius 3 is 2.23 bits per heavy atom. The van der Waals surface area contributed by atoms with Crippen molar-refractivity contribution in [2.24, 2.45) is 17.3 Å². The van der Waals surface area contributed by atoms with Crippen LogP contribution in [0, 0.1) is 17.3 Å². The van der Waals surface area contributed by atoms with Gasteiger partial charge in [-0.25, -0.2) is 4.79 Å². The van der Waals surface area contributed by atoms with Crippen LogP contribution in [0.4, 0.5) is 0 Å². The van der Waals surface area contributed by atoms with Gasteiger partial charge in [-0.1, -0.05) is 47.6 Å². The van der Waals surface area contributed by atoms with Crippen LogP contribution in [0.1, 0.15) is 61.3 Å². The van der Waals surface area contributed by atoms with Gasteiger partial charge >= 0.3 is 5.97 Å². The molecule has 1 aliphatic heterocycles. The highest BCUT2D eigenvalue weighted by atomic mass is 16.4. The molecule has 1 rings (SSSR count). The first-order valence-electron chi connectivity index (χ1n) is 10.9. The summed E-state index contributed by atoms with van der Waals surface area (Å²) in [6, 6.07) is -1.35. The summed E-state index contributed by atoms with van der Waals surface area (Å²) in [5.41, 5.74) is -0.299. The topological polar surface area (TPSA) is 90.0 Å². The van der Waals surface area contributed by atoms with E-state index in [1.165, 1.54) is 6.92 Å². The van der Waals surface area contributed by atoms with Crippen molar-refractivity contribution in [3.05, 3.63) is 11.6 Å². The van der Waals surface area contributed by atoms with Gasteiger partial charge < -0.3 is 15.3 Å². The van der Waals surface area contributed by atoms with Crippen LogP contribution < -0.4 is 5.32 Å². The summed E-state index contributed by atoms with van der Waals surface area (Å²) in [5, 5.41) is 12.3. The first-order valence-corrected chi connectivity index (χ1v) is 10.9. The number of carboxylic acid groups (broad SMARTS) is 1. The fourth-order valence-corrected chi connectivity index (χ4v) is 4.16. The average molecular weight is 424 g/mol. The lowest BCUT2D eigenvalue weighted by atomic mass is 9.84. The number of hydrogen-bond donors (Lipinski definition) is 2. The predicted molar refractivity (Wildman–Crippen MR) is 119 cm³/mol. The third kappa shape index (κ3) is 6.56. The first kappa shape index (κ1) is 26.1. The number of piperidine rings is 1. The van der Waals surface area contributed by atoms with Gasteiger partial charge in [0.05, 0.1) is 12.1 Å². The normalized spacial score (nSPS) is 23.1. The molecule has 0 aromatic heterocycles. The maximum absolute atomic E-state index is 13.5. The summed E-state index contributed by atoms with van der Waals surface area (Å²) in [4.78, 5) is 41.6. The minimum Gasteiger partial charge on any atom is -0.478 e. The lowest BCUT2D eigenvalue weighted by Crippen LogP contribution is -2.60. The SMILES string of the molecule is CC(=C[C@H](C(C)C)N(C)C(=O)C(NC(=O)C1C(C)CCCN1C)C(C)(C)C)C(=O)O. The molecule has 1 heterocycles. The third-order valence-corrected chi connectivity index (χ3v) is 6.09. The highest BCUT2D eigenvalue weighted by molar-refractivity contribution is 5.91. The highest BCUT2D eigenvalue weighted by Crippen LogP contribution is 2.26. The first-order chi connectivity index (χ1) is 13.7. The summed E-state index contributed by atoms with van der Waals surface area (Å²) in [5.74, 6) is -1.09. The van der Waals surface area contributed by atoms with E-state index in [0.29, 0.717) is 0 Å². The predicted octanol–water partition coefficient (Wildman–Crippen LogP) is 2.76. The van der Waals surface area contributed by atoms with Crippen LogP contribution in [0.3, 0.4) is 0 Å². The molecule has 0 bridgehead atoms. The second-order valence-corrected chi connectivity index (χ2v) is 10.2. The van der Waals surface area contributed by atoms with Crippen molar-refractivity contribution >= 4 is 17.8 Å². The van der Waals surface area contributed by atoms with E-state index in [1.807, 2.05) is 41.7 Å². The van der Waals surface area contributed by atoms with E-state index in [0.717, 1.165) is 19.4 Å². The molecular formula is C23H41N3O4. The Kier molecular flexibility index (Phi) is 9.08. The number of carboxylic acids is 1. The minimum atomic E-state index is -1.00. The van der Waals surface area contributed by atoms with Crippen molar-refractivity contribution in [2.45, 2.75) is 79.4 Å². The van der Waals surface area contributed by atoms with Gasteiger partial charge in [0, 0.05) is 12.6 Å². The number of carbonyl (C=O) groups excluding carboxylic acids is 2. The minimum absolute atomic E-state index is 0.0223. The van der Waals surface area contributed by atoms with Gasteiger partial charge in [-0.3, -0.25) is 14.5 Å². The van der Waals surface area contributed by atoms with Crippen molar-refractivity contribution in [1.82, 2.24) is 15.1 Å². The molecule has 0 radical (unpaired) electrons. The molecule has 0 aromatic carbocycles. The zero-order valence-electron chi connectivity index (χ0n) is 20.2. The van der Waals surface area contributed by atoms with Gasteiger partial charge in [0.2, 0.25) is 11.8 Å². The van der Waals surface area contributed by atoms with Gasteiger partial charge in [0.1, 0.15) is 6.04 Å². The van der Waals surface area contributed by atoms with Gasteiger partial charge in [0.15, 0.2) is 0 Å². The maximum atomic E-state index is 13.5. The Balaban J connectivity index is 3.15. The molecule has 172 valence electrons. The number of carbonyl (C=O) groups is 3. The molecule has 0 spiro atoms.